The summed E-state index contributed by atoms with van der Waals surface area (Å²) in [5.41, 5.74) is 6.12. The summed E-state index contributed by atoms with van der Waals surface area (Å²) in [7, 11) is 0. The van der Waals surface area contributed by atoms with Gasteiger partial charge in [-0.05, 0) is 37.1 Å². The quantitative estimate of drug-likeness (QED) is 0.0988. The van der Waals surface area contributed by atoms with Crippen molar-refractivity contribution in [3.05, 3.63) is 58.7 Å². The molecule has 0 bridgehead atoms. The molecule has 2 saturated heterocycles. The van der Waals surface area contributed by atoms with Crippen LogP contribution in [0.25, 0.3) is 0 Å². The molecule has 0 saturated carbocycles. The second kappa shape index (κ2) is 15.7. The normalized spacial score (nSPS) is 18.8. The van der Waals surface area contributed by atoms with Gasteiger partial charge in [-0.2, -0.15) is 0 Å². The molecule has 0 aliphatic carbocycles. The number of carboxylic acids is 3. The van der Waals surface area contributed by atoms with Gasteiger partial charge in [0.2, 0.25) is 29.5 Å². The van der Waals surface area contributed by atoms with Crippen LogP contribution < -0.4 is 21.7 Å². The van der Waals surface area contributed by atoms with Crippen LogP contribution in [0, 0.1) is 0 Å². The number of carbonyl (C=O) groups excluding carboxylic acids is 9. The Morgan fingerprint density at radius 3 is 1.49 bits per heavy atom. The summed E-state index contributed by atoms with van der Waals surface area (Å²) in [5.74, 6) is -9.72. The van der Waals surface area contributed by atoms with Gasteiger partial charge in [0.15, 0.2) is 0 Å². The van der Waals surface area contributed by atoms with Gasteiger partial charge in [-0.15, -0.1) is 0 Å². The Bertz CT molecular complexity index is 2010. The Balaban J connectivity index is 0.000000205. The molecule has 276 valence electrons. The molecular weight excluding hydrogens is 708 g/mol. The van der Waals surface area contributed by atoms with E-state index in [2.05, 4.69) is 16.0 Å². The Morgan fingerprint density at radius 2 is 1.08 bits per heavy atom. The third-order valence-electron chi connectivity index (χ3n) is 7.86. The molecule has 2 aromatic carbocycles. The monoisotopic (exact) mass is 736 g/mol. The van der Waals surface area contributed by atoms with E-state index in [4.69, 9.17) is 21.1 Å². The number of carbonyl (C=O) groups is 12. The topological polar surface area (TPSA) is 334 Å². The van der Waals surface area contributed by atoms with Crippen molar-refractivity contribution in [2.45, 2.75) is 50.6 Å². The fourth-order valence-corrected chi connectivity index (χ4v) is 5.62. The molecule has 21 heteroatoms. The maximum absolute atomic E-state index is 12.7. The highest BCUT2D eigenvalue weighted by Gasteiger charge is 2.47. The van der Waals surface area contributed by atoms with Crippen molar-refractivity contribution in [1.82, 2.24) is 20.4 Å². The minimum atomic E-state index is -1.34. The molecule has 2 aromatic rings. The van der Waals surface area contributed by atoms with E-state index in [1.54, 1.807) is 6.07 Å². The zero-order valence-electron chi connectivity index (χ0n) is 27.1. The first kappa shape index (κ1) is 38.5. The summed E-state index contributed by atoms with van der Waals surface area (Å²) in [6, 6.07) is 6.67. The lowest BCUT2D eigenvalue weighted by molar-refractivity contribution is -0.147. The van der Waals surface area contributed by atoms with Gasteiger partial charge in [0, 0.05) is 18.5 Å². The number of aliphatic carboxylic acids is 3. The van der Waals surface area contributed by atoms with Crippen molar-refractivity contribution in [2.75, 3.05) is 11.1 Å². The van der Waals surface area contributed by atoms with Crippen LogP contribution in [0.5, 0.6) is 0 Å². The van der Waals surface area contributed by atoms with Crippen molar-refractivity contribution in [3.8, 4) is 0 Å². The minimum absolute atomic E-state index is 0.00664. The molecule has 0 radical (unpaired) electrons. The molecule has 6 rings (SSSR count). The van der Waals surface area contributed by atoms with Crippen molar-refractivity contribution >= 4 is 82.4 Å². The van der Waals surface area contributed by atoms with Crippen LogP contribution in [0.2, 0.25) is 0 Å². The van der Waals surface area contributed by atoms with Crippen LogP contribution in [0.3, 0.4) is 0 Å². The number of benzene rings is 2. The summed E-state index contributed by atoms with van der Waals surface area (Å²) < 4.78 is 0. The zero-order valence-corrected chi connectivity index (χ0v) is 27.1. The first-order valence-corrected chi connectivity index (χ1v) is 15.3. The zero-order chi connectivity index (χ0) is 39.3. The maximum atomic E-state index is 12.7. The number of nitrogens with two attached hydrogens (primary N) is 1. The van der Waals surface area contributed by atoms with Crippen LogP contribution in [-0.4, -0.2) is 108 Å². The van der Waals surface area contributed by atoms with Gasteiger partial charge in [0.05, 0.1) is 27.9 Å². The molecule has 2 atom stereocenters. The Morgan fingerprint density at radius 1 is 0.642 bits per heavy atom. The van der Waals surface area contributed by atoms with Crippen molar-refractivity contribution < 1.29 is 72.9 Å². The van der Waals surface area contributed by atoms with Crippen LogP contribution in [0.4, 0.5) is 11.4 Å². The maximum Gasteiger partial charge on any atom is 0.314 e. The van der Waals surface area contributed by atoms with Gasteiger partial charge < -0.3 is 26.4 Å². The Kier molecular flexibility index (Phi) is 11.4. The molecule has 4 aliphatic heterocycles. The predicted molar refractivity (Wildman–Crippen MR) is 171 cm³/mol. The highest BCUT2D eigenvalue weighted by Crippen LogP contribution is 2.33. The van der Waals surface area contributed by atoms with Gasteiger partial charge in [0.1, 0.15) is 24.9 Å². The molecule has 4 heterocycles. The summed E-state index contributed by atoms with van der Waals surface area (Å²) in [6.45, 7) is 0. The Hall–Kier alpha value is -7.32. The lowest BCUT2D eigenvalue weighted by atomic mass is 10.0. The highest BCUT2D eigenvalue weighted by atomic mass is 16.4. The standard InChI is InChI=1S/C16H13N3O7.C13H11N3O4.C3H4O4/c20-10-5-4-9(14(24)18-10)19-15(25)7-2-1-3-8(13(7)16(19)26)17-11(21)6-12(22)23;14-7-3-1-2-6-10(7)13(20)16(12(6)19)8-4-5-9(17)15-11(8)18;4-2(5)1-3(6)7/h1-3,9H,4-6H2,(H,17,21)(H,22,23)(H,18,20,24);1-3,8H,4-5,14H2,(H,15,17,18);1H2,(H,4,5)(H,6,7). The number of fused-ring (bicyclic) bond motifs is 2. The number of hydrogen-bond acceptors (Lipinski definition) is 13. The van der Waals surface area contributed by atoms with E-state index >= 15 is 0 Å². The van der Waals surface area contributed by atoms with Gasteiger partial charge in [0.25, 0.3) is 23.6 Å². The number of carboxylic acid groups (broad SMARTS) is 3. The van der Waals surface area contributed by atoms with Gasteiger partial charge in [-0.3, -0.25) is 78.0 Å². The first-order valence-electron chi connectivity index (χ1n) is 15.3. The second-order valence-electron chi connectivity index (χ2n) is 11.5. The number of imide groups is 4. The number of nitrogens with one attached hydrogen (secondary N) is 3. The number of nitrogens with zero attached hydrogens (tertiary/aromatic N) is 2. The molecule has 21 nitrogen and oxygen atoms in total. The van der Waals surface area contributed by atoms with Crippen LogP contribution in [0.15, 0.2) is 36.4 Å². The van der Waals surface area contributed by atoms with E-state index in [1.165, 1.54) is 30.3 Å². The van der Waals surface area contributed by atoms with E-state index in [-0.39, 0.29) is 59.3 Å². The fourth-order valence-electron chi connectivity index (χ4n) is 5.62. The SMILES string of the molecule is Nc1cccc2c1C(=O)N(C1CCC(=O)NC1=O)C2=O.O=C(O)CC(=O)Nc1cccc2c1C(=O)N(C1CCC(=O)NC1=O)C2=O.O=C(O)CC(=O)O. The number of piperidine rings is 2. The second-order valence-corrected chi connectivity index (χ2v) is 11.5. The molecule has 9 amide bonds. The number of hydrogen-bond donors (Lipinski definition) is 7. The largest absolute Gasteiger partial charge is 0.481 e. The first-order chi connectivity index (χ1) is 24.9. The van der Waals surface area contributed by atoms with Gasteiger partial charge >= 0.3 is 17.9 Å². The van der Waals surface area contributed by atoms with Crippen molar-refractivity contribution in [3.63, 3.8) is 0 Å². The highest BCUT2D eigenvalue weighted by molar-refractivity contribution is 6.27. The summed E-state index contributed by atoms with van der Waals surface area (Å²) in [5, 5.41) is 30.6. The van der Waals surface area contributed by atoms with Gasteiger partial charge in [-0.1, -0.05) is 12.1 Å². The van der Waals surface area contributed by atoms with E-state index in [0.29, 0.717) is 0 Å². The smallest absolute Gasteiger partial charge is 0.314 e. The summed E-state index contributed by atoms with van der Waals surface area (Å²) in [4.78, 5) is 139. The van der Waals surface area contributed by atoms with Crippen LogP contribution in [-0.2, 0) is 38.4 Å². The minimum Gasteiger partial charge on any atom is -0.481 e. The molecule has 53 heavy (non-hydrogen) atoms. The van der Waals surface area contributed by atoms with E-state index in [1.807, 2.05) is 0 Å². The molecule has 4 aliphatic rings. The molecule has 8 N–H and O–H groups in total. The van der Waals surface area contributed by atoms with Crippen molar-refractivity contribution in [1.29, 1.82) is 0 Å². The number of nitrogen functional groups attached to an aromatic ring is 1. The van der Waals surface area contributed by atoms with Crippen LogP contribution >= 0.6 is 0 Å². The van der Waals surface area contributed by atoms with Gasteiger partial charge in [-0.25, -0.2) is 0 Å². The number of amides is 9. The van der Waals surface area contributed by atoms with E-state index in [9.17, 15) is 57.5 Å². The molecular formula is C32H28N6O15. The third kappa shape index (κ3) is 8.36. The van der Waals surface area contributed by atoms with Crippen LogP contribution in [0.1, 0.15) is 80.0 Å². The number of anilines is 2. The summed E-state index contributed by atoms with van der Waals surface area (Å²) in [6.07, 6.45) is -1.37. The molecule has 0 aromatic heterocycles. The van der Waals surface area contributed by atoms with E-state index < -0.39 is 96.0 Å². The van der Waals surface area contributed by atoms with Crippen molar-refractivity contribution in [2.24, 2.45) is 0 Å². The van der Waals surface area contributed by atoms with E-state index in [0.717, 1.165) is 9.80 Å². The average molecular weight is 737 g/mol. The molecule has 2 fully saturated rings. The molecule has 0 spiro atoms. The predicted octanol–water partition coefficient (Wildman–Crippen LogP) is -1.28. The summed E-state index contributed by atoms with van der Waals surface area (Å²) >= 11 is 0. The number of rotatable bonds is 7. The average Bonchev–Trinajstić information content (AvgIpc) is 3.46. The Labute approximate surface area is 296 Å². The lowest BCUT2D eigenvalue weighted by Gasteiger charge is -2.27. The molecule has 2 unspecified atom stereocenters. The fraction of sp³-hybridized carbons (Fsp3) is 0.250. The lowest BCUT2D eigenvalue weighted by Crippen LogP contribution is -2.54. The third-order valence-corrected chi connectivity index (χ3v) is 7.86.